The quantitative estimate of drug-likeness (QED) is 0.826. The van der Waals surface area contributed by atoms with E-state index in [0.717, 1.165) is 18.7 Å². The molecular weight excluding hydrogens is 230 g/mol. The molecule has 1 aromatic carbocycles. The maximum Gasteiger partial charge on any atom is 0.314 e. The zero-order chi connectivity index (χ0) is 13.0. The number of likely N-dealkylation sites (tertiary alicyclic amines) is 1. The van der Waals surface area contributed by atoms with Gasteiger partial charge in [0.05, 0.1) is 13.0 Å². The van der Waals surface area contributed by atoms with E-state index in [0.29, 0.717) is 6.54 Å². The molecule has 0 bridgehead atoms. The fourth-order valence-electron chi connectivity index (χ4n) is 2.39. The fourth-order valence-corrected chi connectivity index (χ4v) is 2.39. The Balaban J connectivity index is 2.13. The molecule has 98 valence electrons. The molecule has 4 nitrogen and oxygen atoms in total. The van der Waals surface area contributed by atoms with Crippen LogP contribution in [0.3, 0.4) is 0 Å². The number of methoxy groups -OCH3 is 1. The van der Waals surface area contributed by atoms with Gasteiger partial charge in [0.1, 0.15) is 5.75 Å². The highest BCUT2D eigenvalue weighted by Gasteiger charge is 2.25. The molecule has 1 aliphatic rings. The highest BCUT2D eigenvalue weighted by atomic mass is 16.5. The Morgan fingerprint density at radius 3 is 2.50 bits per heavy atom. The number of phenolic OH excluding ortho intramolecular Hbond substituents is 1. The molecule has 1 unspecified atom stereocenters. The third-order valence-electron chi connectivity index (χ3n) is 3.42. The molecule has 2 rings (SSSR count). The van der Waals surface area contributed by atoms with Gasteiger partial charge < -0.3 is 14.7 Å². The predicted molar refractivity (Wildman–Crippen MR) is 68.5 cm³/mol. The Bertz CT molecular complexity index is 396. The first-order valence-electron chi connectivity index (χ1n) is 6.30. The second-order valence-electron chi connectivity index (χ2n) is 4.67. The van der Waals surface area contributed by atoms with Crippen LogP contribution in [0.15, 0.2) is 24.3 Å². The molecule has 1 aromatic rings. The number of carbonyl (C=O) groups is 1. The minimum absolute atomic E-state index is 0.212. The molecule has 0 saturated carbocycles. The lowest BCUT2D eigenvalue weighted by molar-refractivity contribution is -0.142. The molecule has 0 aliphatic carbocycles. The van der Waals surface area contributed by atoms with Crippen LogP contribution in [0, 0.1) is 0 Å². The van der Waals surface area contributed by atoms with E-state index in [1.807, 2.05) is 0 Å². The van der Waals surface area contributed by atoms with Crippen molar-refractivity contribution >= 4 is 5.97 Å². The van der Waals surface area contributed by atoms with E-state index in [-0.39, 0.29) is 17.6 Å². The summed E-state index contributed by atoms with van der Waals surface area (Å²) < 4.78 is 4.88. The lowest BCUT2D eigenvalue weighted by Crippen LogP contribution is -2.30. The predicted octanol–water partition coefficient (Wildman–Crippen LogP) is 1.74. The summed E-state index contributed by atoms with van der Waals surface area (Å²) in [5, 5.41) is 9.29. The largest absolute Gasteiger partial charge is 0.508 e. The minimum atomic E-state index is -0.270. The van der Waals surface area contributed by atoms with Crippen molar-refractivity contribution in [2.45, 2.75) is 18.8 Å². The molecule has 1 fully saturated rings. The Morgan fingerprint density at radius 1 is 1.33 bits per heavy atom. The Labute approximate surface area is 107 Å². The van der Waals surface area contributed by atoms with E-state index in [4.69, 9.17) is 4.74 Å². The summed E-state index contributed by atoms with van der Waals surface area (Å²) in [5.41, 5.74) is 0.895. The third-order valence-corrected chi connectivity index (χ3v) is 3.42. The van der Waals surface area contributed by atoms with Gasteiger partial charge in [-0.3, -0.25) is 4.79 Å². The number of esters is 1. The number of phenols is 1. The fraction of sp³-hybridized carbons (Fsp3) is 0.500. The molecule has 1 saturated heterocycles. The lowest BCUT2D eigenvalue weighted by atomic mass is 9.98. The molecule has 18 heavy (non-hydrogen) atoms. The maximum absolute atomic E-state index is 11.9. The van der Waals surface area contributed by atoms with Gasteiger partial charge in [-0.2, -0.15) is 0 Å². The van der Waals surface area contributed by atoms with Gasteiger partial charge in [-0.05, 0) is 43.6 Å². The summed E-state index contributed by atoms with van der Waals surface area (Å²) in [6.07, 6.45) is 2.40. The second-order valence-corrected chi connectivity index (χ2v) is 4.67. The molecule has 1 heterocycles. The zero-order valence-corrected chi connectivity index (χ0v) is 10.6. The minimum Gasteiger partial charge on any atom is -0.508 e. The first-order valence-corrected chi connectivity index (χ1v) is 6.30. The van der Waals surface area contributed by atoms with Crippen LogP contribution in [0.1, 0.15) is 24.3 Å². The smallest absolute Gasteiger partial charge is 0.314 e. The number of ether oxygens (including phenoxy) is 1. The van der Waals surface area contributed by atoms with E-state index >= 15 is 0 Å². The maximum atomic E-state index is 11.9. The van der Waals surface area contributed by atoms with Crippen molar-refractivity contribution < 1.29 is 14.6 Å². The molecule has 1 aliphatic heterocycles. The molecule has 1 atom stereocenters. The molecular formula is C14H19NO3. The van der Waals surface area contributed by atoms with Crippen LogP contribution >= 0.6 is 0 Å². The van der Waals surface area contributed by atoms with Crippen LogP contribution in [0.25, 0.3) is 0 Å². The van der Waals surface area contributed by atoms with Crippen LogP contribution in [0.4, 0.5) is 0 Å². The number of aromatic hydroxyl groups is 1. The van der Waals surface area contributed by atoms with Gasteiger partial charge in [-0.1, -0.05) is 12.1 Å². The van der Waals surface area contributed by atoms with Gasteiger partial charge in [0.25, 0.3) is 0 Å². The number of hydrogen-bond donors (Lipinski definition) is 1. The highest BCUT2D eigenvalue weighted by Crippen LogP contribution is 2.23. The summed E-state index contributed by atoms with van der Waals surface area (Å²) in [6, 6.07) is 6.78. The standard InChI is InChI=1S/C14H19NO3/c1-18-14(17)13(10-15-8-2-3-9-15)11-4-6-12(16)7-5-11/h4-7,13,16H,2-3,8-10H2,1H3. The van der Waals surface area contributed by atoms with Gasteiger partial charge in [-0.25, -0.2) is 0 Å². The highest BCUT2D eigenvalue weighted by molar-refractivity contribution is 5.78. The Morgan fingerprint density at radius 2 is 1.94 bits per heavy atom. The zero-order valence-electron chi connectivity index (χ0n) is 10.6. The van der Waals surface area contributed by atoms with E-state index in [1.54, 1.807) is 24.3 Å². The molecule has 0 radical (unpaired) electrons. The van der Waals surface area contributed by atoms with Crippen molar-refractivity contribution in [1.82, 2.24) is 4.90 Å². The second kappa shape index (κ2) is 5.87. The summed E-state index contributed by atoms with van der Waals surface area (Å²) >= 11 is 0. The lowest BCUT2D eigenvalue weighted by Gasteiger charge is -2.21. The molecule has 0 spiro atoms. The summed E-state index contributed by atoms with van der Waals surface area (Å²) in [5.74, 6) is -0.273. The average molecular weight is 249 g/mol. The summed E-state index contributed by atoms with van der Waals surface area (Å²) in [6.45, 7) is 2.79. The van der Waals surface area contributed by atoms with Crippen molar-refractivity contribution in [2.24, 2.45) is 0 Å². The monoisotopic (exact) mass is 249 g/mol. The van der Waals surface area contributed by atoms with E-state index in [1.165, 1.54) is 20.0 Å². The summed E-state index contributed by atoms with van der Waals surface area (Å²) in [7, 11) is 1.42. The first-order chi connectivity index (χ1) is 8.70. The summed E-state index contributed by atoms with van der Waals surface area (Å²) in [4.78, 5) is 14.2. The van der Waals surface area contributed by atoms with Crippen molar-refractivity contribution in [3.63, 3.8) is 0 Å². The van der Waals surface area contributed by atoms with Crippen LogP contribution in [-0.4, -0.2) is 42.7 Å². The molecule has 4 heteroatoms. The SMILES string of the molecule is COC(=O)C(CN1CCCC1)c1ccc(O)cc1. The van der Waals surface area contributed by atoms with Crippen molar-refractivity contribution in [3.05, 3.63) is 29.8 Å². The van der Waals surface area contributed by atoms with Gasteiger partial charge in [0, 0.05) is 6.54 Å². The number of benzene rings is 1. The van der Waals surface area contributed by atoms with E-state index in [2.05, 4.69) is 4.90 Å². The average Bonchev–Trinajstić information content (AvgIpc) is 2.89. The van der Waals surface area contributed by atoms with Gasteiger partial charge in [-0.15, -0.1) is 0 Å². The van der Waals surface area contributed by atoms with Crippen LogP contribution in [0.2, 0.25) is 0 Å². The van der Waals surface area contributed by atoms with Gasteiger partial charge >= 0.3 is 5.97 Å². The first kappa shape index (κ1) is 12.9. The van der Waals surface area contributed by atoms with Crippen molar-refractivity contribution in [3.8, 4) is 5.75 Å². The van der Waals surface area contributed by atoms with Crippen LogP contribution in [-0.2, 0) is 9.53 Å². The molecule has 0 aromatic heterocycles. The number of carbonyl (C=O) groups excluding carboxylic acids is 1. The Hall–Kier alpha value is -1.55. The van der Waals surface area contributed by atoms with Crippen molar-refractivity contribution in [1.29, 1.82) is 0 Å². The van der Waals surface area contributed by atoms with Gasteiger partial charge in [0.15, 0.2) is 0 Å². The number of nitrogens with zero attached hydrogens (tertiary/aromatic N) is 1. The van der Waals surface area contributed by atoms with Gasteiger partial charge in [0.2, 0.25) is 0 Å². The normalized spacial score (nSPS) is 17.6. The number of hydrogen-bond acceptors (Lipinski definition) is 4. The topological polar surface area (TPSA) is 49.8 Å². The van der Waals surface area contributed by atoms with Crippen LogP contribution in [0.5, 0.6) is 5.75 Å². The number of rotatable bonds is 4. The molecule has 1 N–H and O–H groups in total. The van der Waals surface area contributed by atoms with E-state index in [9.17, 15) is 9.90 Å². The van der Waals surface area contributed by atoms with Crippen molar-refractivity contribution in [2.75, 3.05) is 26.7 Å². The molecule has 0 amide bonds. The Kier molecular flexibility index (Phi) is 4.20. The van der Waals surface area contributed by atoms with Crippen LogP contribution < -0.4 is 0 Å². The van der Waals surface area contributed by atoms with E-state index < -0.39 is 0 Å². The third kappa shape index (κ3) is 3.01.